The lowest BCUT2D eigenvalue weighted by molar-refractivity contribution is -0.137. The van der Waals surface area contributed by atoms with Crippen LogP contribution in [0, 0.1) is 0 Å². The number of anilines is 1. The van der Waals surface area contributed by atoms with Crippen LogP contribution in [0.25, 0.3) is 0 Å². The quantitative estimate of drug-likeness (QED) is 0.743. The minimum atomic E-state index is -4.57. The Morgan fingerprint density at radius 2 is 1.93 bits per heavy atom. The number of aliphatic imine (C=N–C) groups is 1. The van der Waals surface area contributed by atoms with Crippen molar-refractivity contribution in [3.05, 3.63) is 23.4 Å². The van der Waals surface area contributed by atoms with Crippen LogP contribution in [0.15, 0.2) is 17.3 Å². The number of amides is 1. The van der Waals surface area contributed by atoms with Gasteiger partial charge in [0, 0.05) is 43.9 Å². The highest BCUT2D eigenvalue weighted by atomic mass is 19.4. The molecule has 3 rings (SSSR count). The molecule has 9 heteroatoms. The molecule has 1 amide bonds. The summed E-state index contributed by atoms with van der Waals surface area (Å²) < 4.78 is 39.3. The van der Waals surface area contributed by atoms with Gasteiger partial charge < -0.3 is 16.0 Å². The molecular weight excluding hydrogens is 383 g/mol. The van der Waals surface area contributed by atoms with Crippen molar-refractivity contribution in [1.29, 1.82) is 0 Å². The van der Waals surface area contributed by atoms with E-state index in [1.165, 1.54) is 19.3 Å². The third kappa shape index (κ3) is 5.68. The third-order valence-corrected chi connectivity index (χ3v) is 5.38. The van der Waals surface area contributed by atoms with Gasteiger partial charge in [0.25, 0.3) is 5.91 Å². The Balaban J connectivity index is 1.77. The molecule has 1 atom stereocenters. The van der Waals surface area contributed by atoms with Crippen LogP contribution in [-0.2, 0) is 6.18 Å². The summed E-state index contributed by atoms with van der Waals surface area (Å²) in [5, 5.41) is 2.46. The topological polar surface area (TPSA) is 83.6 Å². The molecule has 29 heavy (non-hydrogen) atoms. The summed E-state index contributed by atoms with van der Waals surface area (Å²) in [4.78, 5) is 23.2. The van der Waals surface area contributed by atoms with Crippen molar-refractivity contribution in [2.24, 2.45) is 10.7 Å². The van der Waals surface area contributed by atoms with Gasteiger partial charge in [0.15, 0.2) is 0 Å². The van der Waals surface area contributed by atoms with Gasteiger partial charge in [-0.05, 0) is 25.8 Å². The van der Waals surface area contributed by atoms with E-state index in [0.29, 0.717) is 19.1 Å². The van der Waals surface area contributed by atoms with E-state index in [2.05, 4.69) is 10.3 Å². The van der Waals surface area contributed by atoms with Gasteiger partial charge in [-0.2, -0.15) is 13.2 Å². The van der Waals surface area contributed by atoms with Crippen LogP contribution in [0.3, 0.4) is 0 Å². The SMILES string of the molecule is CC(N)NC(=O)c1cc(C(F)(F)F)cnc1N1CCC(=NC2CCCCC2)CC1. The fraction of sp³-hybridized carbons (Fsp3) is 0.650. The van der Waals surface area contributed by atoms with Gasteiger partial charge in [-0.3, -0.25) is 9.79 Å². The maximum absolute atomic E-state index is 13.1. The minimum Gasteiger partial charge on any atom is -0.355 e. The van der Waals surface area contributed by atoms with Gasteiger partial charge in [-0.25, -0.2) is 4.98 Å². The van der Waals surface area contributed by atoms with Crippen molar-refractivity contribution < 1.29 is 18.0 Å². The Bertz CT molecular complexity index is 747. The fourth-order valence-electron chi connectivity index (χ4n) is 3.89. The molecule has 6 nitrogen and oxygen atoms in total. The number of hydrogen-bond donors (Lipinski definition) is 2. The molecule has 160 valence electrons. The van der Waals surface area contributed by atoms with E-state index in [-0.39, 0.29) is 11.4 Å². The summed E-state index contributed by atoms with van der Waals surface area (Å²) in [5.74, 6) is -0.400. The lowest BCUT2D eigenvalue weighted by atomic mass is 9.95. The summed E-state index contributed by atoms with van der Waals surface area (Å²) in [6, 6.07) is 1.26. The molecule has 2 fully saturated rings. The second-order valence-corrected chi connectivity index (χ2v) is 7.83. The number of halogens is 3. The Morgan fingerprint density at radius 3 is 2.52 bits per heavy atom. The molecule has 0 spiro atoms. The normalized spacial score (nSPS) is 19.8. The first-order valence-electron chi connectivity index (χ1n) is 10.2. The maximum Gasteiger partial charge on any atom is 0.417 e. The van der Waals surface area contributed by atoms with Crippen molar-refractivity contribution >= 4 is 17.4 Å². The summed E-state index contributed by atoms with van der Waals surface area (Å²) in [7, 11) is 0. The number of alkyl halides is 3. The number of hydrogen-bond acceptors (Lipinski definition) is 5. The van der Waals surface area contributed by atoms with E-state index in [1.54, 1.807) is 6.92 Å². The Morgan fingerprint density at radius 1 is 1.28 bits per heavy atom. The van der Waals surface area contributed by atoms with Gasteiger partial charge in [0.1, 0.15) is 5.82 Å². The second-order valence-electron chi connectivity index (χ2n) is 7.83. The molecular formula is C20H28F3N5O. The highest BCUT2D eigenvalue weighted by Gasteiger charge is 2.33. The van der Waals surface area contributed by atoms with E-state index in [4.69, 9.17) is 10.7 Å². The van der Waals surface area contributed by atoms with Crippen LogP contribution in [0.2, 0.25) is 0 Å². The van der Waals surface area contributed by atoms with Crippen molar-refractivity contribution in [3.63, 3.8) is 0 Å². The lowest BCUT2D eigenvalue weighted by Gasteiger charge is -2.31. The number of carbonyl (C=O) groups excluding carboxylic acids is 1. The van der Waals surface area contributed by atoms with Crippen LogP contribution in [-0.4, -0.2) is 41.9 Å². The van der Waals surface area contributed by atoms with Crippen molar-refractivity contribution in [2.75, 3.05) is 18.0 Å². The molecule has 1 aliphatic heterocycles. The van der Waals surface area contributed by atoms with Crippen molar-refractivity contribution in [1.82, 2.24) is 10.3 Å². The number of nitrogens with zero attached hydrogens (tertiary/aromatic N) is 3. The van der Waals surface area contributed by atoms with Crippen molar-refractivity contribution in [3.8, 4) is 0 Å². The predicted molar refractivity (Wildman–Crippen MR) is 106 cm³/mol. The van der Waals surface area contributed by atoms with E-state index in [1.807, 2.05) is 4.90 Å². The zero-order chi connectivity index (χ0) is 21.0. The van der Waals surface area contributed by atoms with Gasteiger partial charge in [-0.1, -0.05) is 19.3 Å². The summed E-state index contributed by atoms with van der Waals surface area (Å²) in [6.45, 7) is 2.69. The predicted octanol–water partition coefficient (Wildman–Crippen LogP) is 3.51. The number of rotatable bonds is 4. The van der Waals surface area contributed by atoms with Gasteiger partial charge in [0.05, 0.1) is 17.3 Å². The average Bonchev–Trinajstić information content (AvgIpc) is 2.68. The van der Waals surface area contributed by atoms with Gasteiger partial charge in [0.2, 0.25) is 0 Å². The van der Waals surface area contributed by atoms with Crippen LogP contribution in [0.5, 0.6) is 0 Å². The smallest absolute Gasteiger partial charge is 0.355 e. The number of piperidine rings is 1. The summed E-state index contributed by atoms with van der Waals surface area (Å²) in [6.07, 6.45) is 2.98. The monoisotopic (exact) mass is 411 g/mol. The summed E-state index contributed by atoms with van der Waals surface area (Å²) >= 11 is 0. The second kappa shape index (κ2) is 9.11. The maximum atomic E-state index is 13.1. The van der Waals surface area contributed by atoms with Crippen molar-refractivity contribution in [2.45, 2.75) is 70.3 Å². The van der Waals surface area contributed by atoms with Crippen LogP contribution < -0.4 is 16.0 Å². The van der Waals surface area contributed by atoms with E-state index in [9.17, 15) is 18.0 Å². The zero-order valence-electron chi connectivity index (χ0n) is 16.6. The highest BCUT2D eigenvalue weighted by Crippen LogP contribution is 2.32. The lowest BCUT2D eigenvalue weighted by Crippen LogP contribution is -2.41. The molecule has 3 N–H and O–H groups in total. The van der Waals surface area contributed by atoms with Crippen LogP contribution >= 0.6 is 0 Å². The van der Waals surface area contributed by atoms with E-state index >= 15 is 0 Å². The van der Waals surface area contributed by atoms with E-state index in [0.717, 1.165) is 43.7 Å². The number of pyridine rings is 1. The molecule has 0 aromatic carbocycles. The summed E-state index contributed by atoms with van der Waals surface area (Å²) in [5.41, 5.74) is 5.68. The zero-order valence-corrected chi connectivity index (χ0v) is 16.6. The van der Waals surface area contributed by atoms with Gasteiger partial charge in [-0.15, -0.1) is 0 Å². The standard InChI is InChI=1S/C20H28F3N5O/c1-13(24)26-19(29)17-11-14(20(21,22)23)12-25-18(17)28-9-7-16(8-10-28)27-15-5-3-2-4-6-15/h11-13,15H,2-10,24H2,1H3,(H,26,29). The first-order valence-corrected chi connectivity index (χ1v) is 10.2. The van der Waals surface area contributed by atoms with E-state index < -0.39 is 23.8 Å². The molecule has 0 radical (unpaired) electrons. The Kier molecular flexibility index (Phi) is 6.77. The minimum absolute atomic E-state index is 0.107. The molecule has 1 saturated carbocycles. The Labute approximate surface area is 168 Å². The molecule has 2 aliphatic rings. The third-order valence-electron chi connectivity index (χ3n) is 5.38. The number of nitrogens with two attached hydrogens (primary N) is 1. The van der Waals surface area contributed by atoms with Crippen LogP contribution in [0.4, 0.5) is 19.0 Å². The number of aromatic nitrogens is 1. The largest absolute Gasteiger partial charge is 0.417 e. The highest BCUT2D eigenvalue weighted by molar-refractivity contribution is 5.99. The molecule has 1 aromatic rings. The molecule has 1 aliphatic carbocycles. The molecule has 0 bridgehead atoms. The molecule has 1 saturated heterocycles. The number of nitrogens with one attached hydrogen (secondary N) is 1. The first kappa shape index (κ1) is 21.5. The fourth-order valence-corrected chi connectivity index (χ4v) is 3.89. The van der Waals surface area contributed by atoms with Gasteiger partial charge >= 0.3 is 6.18 Å². The average molecular weight is 411 g/mol. The first-order chi connectivity index (χ1) is 13.7. The molecule has 1 aromatic heterocycles. The Hall–Kier alpha value is -2.16. The molecule has 2 heterocycles. The van der Waals surface area contributed by atoms with Crippen LogP contribution in [0.1, 0.15) is 67.8 Å². The molecule has 1 unspecified atom stereocenters. The number of carbonyl (C=O) groups is 1.